The van der Waals surface area contributed by atoms with Gasteiger partial charge in [0.15, 0.2) is 0 Å². The summed E-state index contributed by atoms with van der Waals surface area (Å²) in [4.78, 5) is 2.43. The summed E-state index contributed by atoms with van der Waals surface area (Å²) in [5, 5.41) is 7.46. The van der Waals surface area contributed by atoms with E-state index in [1.807, 2.05) is 13.8 Å². The molecule has 0 amide bonds. The molecule has 1 unspecified atom stereocenters. The van der Waals surface area contributed by atoms with Gasteiger partial charge in [-0.1, -0.05) is 5.16 Å². The van der Waals surface area contributed by atoms with Crippen LogP contribution < -0.4 is 5.32 Å². The normalized spacial score (nSPS) is 20.5. The fraction of sp³-hybridized carbons (Fsp3) is 0.750. The van der Waals surface area contributed by atoms with Gasteiger partial charge in [-0.25, -0.2) is 0 Å². The number of halogens is 1. The molecule has 1 atom stereocenters. The first-order valence-corrected chi connectivity index (χ1v) is 6.01. The first-order chi connectivity index (χ1) is 7.68. The summed E-state index contributed by atoms with van der Waals surface area (Å²) in [5.41, 5.74) is 2.21. The van der Waals surface area contributed by atoms with Crippen LogP contribution in [0, 0.1) is 13.8 Å². The highest BCUT2D eigenvalue weighted by molar-refractivity contribution is 5.85. The Hall–Kier alpha value is -0.580. The molecule has 0 spiro atoms. The number of hydrogen-bond donors (Lipinski definition) is 1. The summed E-state index contributed by atoms with van der Waals surface area (Å²) in [6, 6.07) is 0.695. The molecule has 1 fully saturated rings. The van der Waals surface area contributed by atoms with Crippen LogP contribution in [0.25, 0.3) is 0 Å². The minimum atomic E-state index is 0. The second-order valence-corrected chi connectivity index (χ2v) is 4.71. The van der Waals surface area contributed by atoms with Crippen molar-refractivity contribution in [3.8, 4) is 0 Å². The van der Waals surface area contributed by atoms with Crippen molar-refractivity contribution in [1.82, 2.24) is 15.4 Å². The van der Waals surface area contributed by atoms with Gasteiger partial charge in [-0.05, 0) is 40.3 Å². The Morgan fingerprint density at radius 3 is 2.76 bits per heavy atom. The molecular weight excluding hydrogens is 238 g/mol. The standard InChI is InChI=1S/C12H21N3O.ClH/c1-9-12(10(2)16-14-9)8-13-7-11-5-4-6-15(11)3;/h11,13H,4-8H2,1-3H3;1H. The molecular formula is C12H22ClN3O. The van der Waals surface area contributed by atoms with E-state index in [0.29, 0.717) is 6.04 Å². The van der Waals surface area contributed by atoms with Crippen LogP contribution in [0.5, 0.6) is 0 Å². The fourth-order valence-electron chi connectivity index (χ4n) is 2.36. The van der Waals surface area contributed by atoms with Crippen LogP contribution in [-0.2, 0) is 6.54 Å². The van der Waals surface area contributed by atoms with E-state index in [2.05, 4.69) is 22.4 Å². The molecule has 98 valence electrons. The zero-order valence-electron chi connectivity index (χ0n) is 10.8. The lowest BCUT2D eigenvalue weighted by molar-refractivity contribution is 0.300. The van der Waals surface area contributed by atoms with Crippen LogP contribution in [-0.4, -0.2) is 36.2 Å². The van der Waals surface area contributed by atoms with Crippen molar-refractivity contribution in [2.75, 3.05) is 20.1 Å². The smallest absolute Gasteiger partial charge is 0.138 e. The number of aryl methyl sites for hydroxylation is 2. The van der Waals surface area contributed by atoms with E-state index in [-0.39, 0.29) is 12.4 Å². The summed E-state index contributed by atoms with van der Waals surface area (Å²) < 4.78 is 5.14. The minimum Gasteiger partial charge on any atom is -0.361 e. The molecule has 2 heterocycles. The van der Waals surface area contributed by atoms with E-state index in [1.165, 1.54) is 24.9 Å². The summed E-state index contributed by atoms with van der Waals surface area (Å²) >= 11 is 0. The Kier molecular flexibility index (Phi) is 5.43. The topological polar surface area (TPSA) is 41.3 Å². The average Bonchev–Trinajstić information content (AvgIpc) is 2.79. The van der Waals surface area contributed by atoms with E-state index in [9.17, 15) is 0 Å². The molecule has 0 radical (unpaired) electrons. The van der Waals surface area contributed by atoms with Crippen LogP contribution in [0.1, 0.15) is 29.9 Å². The first-order valence-electron chi connectivity index (χ1n) is 6.01. The molecule has 17 heavy (non-hydrogen) atoms. The molecule has 1 aliphatic heterocycles. The van der Waals surface area contributed by atoms with Crippen LogP contribution in [0.3, 0.4) is 0 Å². The van der Waals surface area contributed by atoms with E-state index < -0.39 is 0 Å². The highest BCUT2D eigenvalue weighted by Gasteiger charge is 2.20. The van der Waals surface area contributed by atoms with E-state index in [1.54, 1.807) is 0 Å². The maximum Gasteiger partial charge on any atom is 0.138 e. The third-order valence-electron chi connectivity index (χ3n) is 3.53. The first kappa shape index (κ1) is 14.5. The molecule has 2 rings (SSSR count). The summed E-state index contributed by atoms with van der Waals surface area (Å²) in [5.74, 6) is 0.935. The second kappa shape index (κ2) is 6.38. The van der Waals surface area contributed by atoms with Gasteiger partial charge in [0.1, 0.15) is 5.76 Å². The Morgan fingerprint density at radius 2 is 2.24 bits per heavy atom. The van der Waals surface area contributed by atoms with Crippen LogP contribution in [0.4, 0.5) is 0 Å². The van der Waals surface area contributed by atoms with Gasteiger partial charge in [0.25, 0.3) is 0 Å². The van der Waals surface area contributed by atoms with E-state index in [0.717, 1.165) is 24.5 Å². The lowest BCUT2D eigenvalue weighted by atomic mass is 10.2. The number of nitrogens with one attached hydrogen (secondary N) is 1. The van der Waals surface area contributed by atoms with Crippen LogP contribution >= 0.6 is 12.4 Å². The monoisotopic (exact) mass is 259 g/mol. The third-order valence-corrected chi connectivity index (χ3v) is 3.53. The molecule has 1 aliphatic rings. The van der Waals surface area contributed by atoms with Crippen molar-refractivity contribution in [3.05, 3.63) is 17.0 Å². The van der Waals surface area contributed by atoms with Crippen molar-refractivity contribution >= 4 is 12.4 Å². The lowest BCUT2D eigenvalue weighted by Gasteiger charge is -2.19. The van der Waals surface area contributed by atoms with Gasteiger partial charge in [0.2, 0.25) is 0 Å². The van der Waals surface area contributed by atoms with Crippen molar-refractivity contribution in [2.24, 2.45) is 0 Å². The lowest BCUT2D eigenvalue weighted by Crippen LogP contribution is -2.35. The number of hydrogen-bond acceptors (Lipinski definition) is 4. The van der Waals surface area contributed by atoms with E-state index in [4.69, 9.17) is 4.52 Å². The summed E-state index contributed by atoms with van der Waals surface area (Å²) in [7, 11) is 2.20. The maximum absolute atomic E-state index is 5.14. The Morgan fingerprint density at radius 1 is 1.47 bits per heavy atom. The predicted octanol–water partition coefficient (Wildman–Crippen LogP) is 1.90. The zero-order valence-corrected chi connectivity index (χ0v) is 11.6. The number of likely N-dealkylation sites (N-methyl/N-ethyl adjacent to an activating group) is 1. The number of likely N-dealkylation sites (tertiary alicyclic amines) is 1. The quantitative estimate of drug-likeness (QED) is 0.897. The molecule has 1 saturated heterocycles. The highest BCUT2D eigenvalue weighted by atomic mass is 35.5. The van der Waals surface area contributed by atoms with E-state index >= 15 is 0 Å². The molecule has 0 aliphatic carbocycles. The third kappa shape index (κ3) is 3.44. The van der Waals surface area contributed by atoms with Gasteiger partial charge in [-0.15, -0.1) is 12.4 Å². The summed E-state index contributed by atoms with van der Waals surface area (Å²) in [6.07, 6.45) is 2.64. The molecule has 0 bridgehead atoms. The molecule has 1 N–H and O–H groups in total. The SMILES string of the molecule is Cc1noc(C)c1CNCC1CCCN1C.Cl. The highest BCUT2D eigenvalue weighted by Crippen LogP contribution is 2.15. The van der Waals surface area contributed by atoms with Crippen LogP contribution in [0.2, 0.25) is 0 Å². The maximum atomic E-state index is 5.14. The summed E-state index contributed by atoms with van der Waals surface area (Å²) in [6.45, 7) is 7.12. The number of rotatable bonds is 4. The van der Waals surface area contributed by atoms with Gasteiger partial charge in [0.05, 0.1) is 5.69 Å². The molecule has 0 saturated carbocycles. The minimum absolute atomic E-state index is 0. The van der Waals surface area contributed by atoms with Crippen molar-refractivity contribution in [2.45, 2.75) is 39.3 Å². The van der Waals surface area contributed by atoms with Gasteiger partial charge in [-0.2, -0.15) is 0 Å². The van der Waals surface area contributed by atoms with Crippen molar-refractivity contribution < 1.29 is 4.52 Å². The Bertz CT molecular complexity index is 334. The van der Waals surface area contributed by atoms with Gasteiger partial charge in [0, 0.05) is 24.7 Å². The van der Waals surface area contributed by atoms with Crippen molar-refractivity contribution in [3.63, 3.8) is 0 Å². The van der Waals surface area contributed by atoms with Gasteiger partial charge in [-0.3, -0.25) is 0 Å². The fourth-order valence-corrected chi connectivity index (χ4v) is 2.36. The van der Waals surface area contributed by atoms with Gasteiger partial charge >= 0.3 is 0 Å². The van der Waals surface area contributed by atoms with Crippen LogP contribution in [0.15, 0.2) is 4.52 Å². The van der Waals surface area contributed by atoms with Crippen molar-refractivity contribution in [1.29, 1.82) is 0 Å². The van der Waals surface area contributed by atoms with Gasteiger partial charge < -0.3 is 14.7 Å². The molecule has 5 heteroatoms. The molecule has 1 aromatic rings. The Balaban J connectivity index is 0.00000144. The second-order valence-electron chi connectivity index (χ2n) is 4.71. The molecule has 1 aromatic heterocycles. The molecule has 0 aromatic carbocycles. The number of aromatic nitrogens is 1. The molecule has 4 nitrogen and oxygen atoms in total. The zero-order chi connectivity index (χ0) is 11.5. The Labute approximate surface area is 109 Å². The largest absolute Gasteiger partial charge is 0.361 e. The average molecular weight is 260 g/mol. The number of nitrogens with zero attached hydrogens (tertiary/aromatic N) is 2. The predicted molar refractivity (Wildman–Crippen MR) is 70.6 cm³/mol.